The number of anilines is 1. The summed E-state index contributed by atoms with van der Waals surface area (Å²) in [6, 6.07) is 15.9. The third kappa shape index (κ3) is 4.56. The van der Waals surface area contributed by atoms with Crippen molar-refractivity contribution in [3.05, 3.63) is 59.7 Å². The molecule has 0 aliphatic carbocycles. The van der Waals surface area contributed by atoms with E-state index in [1.165, 1.54) is 6.92 Å². The number of carbonyl (C=O) groups excluding carboxylic acids is 2. The average molecular weight is 399 g/mol. The molecule has 1 amide bonds. The Balaban J connectivity index is 2.07. The van der Waals surface area contributed by atoms with E-state index in [-0.39, 0.29) is 11.2 Å². The Hall–Kier alpha value is -2.31. The van der Waals surface area contributed by atoms with E-state index >= 15 is 0 Å². The number of nitrogens with zero attached hydrogens (tertiary/aromatic N) is 2. The van der Waals surface area contributed by atoms with Crippen LogP contribution in [0.2, 0.25) is 0 Å². The molecule has 0 radical (unpaired) electrons. The molecule has 6 heteroatoms. The number of rotatable bonds is 5. The van der Waals surface area contributed by atoms with Gasteiger partial charge >= 0.3 is 5.97 Å². The van der Waals surface area contributed by atoms with Crippen LogP contribution >= 0.6 is 11.8 Å². The van der Waals surface area contributed by atoms with Gasteiger partial charge in [0, 0.05) is 24.9 Å². The highest BCUT2D eigenvalue weighted by Gasteiger charge is 2.40. The molecule has 5 nitrogen and oxygen atoms in total. The van der Waals surface area contributed by atoms with Crippen molar-refractivity contribution < 1.29 is 14.3 Å². The number of benzene rings is 2. The number of esters is 1. The van der Waals surface area contributed by atoms with Gasteiger partial charge in [-0.05, 0) is 38.7 Å². The van der Waals surface area contributed by atoms with E-state index < -0.39 is 12.1 Å². The lowest BCUT2D eigenvalue weighted by molar-refractivity contribution is -0.152. The van der Waals surface area contributed by atoms with E-state index in [9.17, 15) is 9.59 Å². The van der Waals surface area contributed by atoms with Gasteiger partial charge in [-0.25, -0.2) is 0 Å². The van der Waals surface area contributed by atoms with Crippen molar-refractivity contribution in [3.8, 4) is 0 Å². The zero-order chi connectivity index (χ0) is 20.3. The summed E-state index contributed by atoms with van der Waals surface area (Å²) in [6.07, 6.45) is -0.875. The SMILES string of the molecule is CC(=O)O[C@H]1C(=O)N(CCN(C)C)c2ccccc2S[C@H]1c1ccc(C)cc1. The fraction of sp³-hybridized carbons (Fsp3) is 0.364. The summed E-state index contributed by atoms with van der Waals surface area (Å²) >= 11 is 1.58. The maximum atomic E-state index is 13.5. The zero-order valence-corrected chi connectivity index (χ0v) is 17.5. The largest absolute Gasteiger partial charge is 0.451 e. The number of fused-ring (bicyclic) bond motifs is 1. The highest BCUT2D eigenvalue weighted by atomic mass is 32.2. The minimum atomic E-state index is -0.875. The second-order valence-corrected chi connectivity index (χ2v) is 8.42. The molecule has 0 aromatic heterocycles. The van der Waals surface area contributed by atoms with Gasteiger partial charge in [0.2, 0.25) is 0 Å². The molecule has 148 valence electrons. The molecule has 1 aliphatic heterocycles. The lowest BCUT2D eigenvalue weighted by Crippen LogP contribution is -2.45. The summed E-state index contributed by atoms with van der Waals surface area (Å²) < 4.78 is 5.58. The fourth-order valence-electron chi connectivity index (χ4n) is 3.20. The van der Waals surface area contributed by atoms with Gasteiger partial charge in [-0.2, -0.15) is 0 Å². The van der Waals surface area contributed by atoms with Crippen LogP contribution in [-0.4, -0.2) is 50.1 Å². The first-order valence-electron chi connectivity index (χ1n) is 9.32. The second kappa shape index (κ2) is 8.80. The lowest BCUT2D eigenvalue weighted by Gasteiger charge is -2.28. The minimum absolute atomic E-state index is 0.180. The van der Waals surface area contributed by atoms with Gasteiger partial charge in [0.05, 0.1) is 10.9 Å². The van der Waals surface area contributed by atoms with Crippen molar-refractivity contribution >= 4 is 29.3 Å². The van der Waals surface area contributed by atoms with E-state index in [0.717, 1.165) is 21.7 Å². The monoisotopic (exact) mass is 398 g/mol. The van der Waals surface area contributed by atoms with E-state index in [1.54, 1.807) is 16.7 Å². The van der Waals surface area contributed by atoms with Gasteiger partial charge in [0.15, 0.2) is 6.10 Å². The van der Waals surface area contributed by atoms with Crippen LogP contribution in [0.15, 0.2) is 53.4 Å². The summed E-state index contributed by atoms with van der Waals surface area (Å²) in [7, 11) is 3.95. The molecule has 0 N–H and O–H groups in total. The summed E-state index contributed by atoms with van der Waals surface area (Å²) in [5.41, 5.74) is 2.98. The Morgan fingerprint density at radius 3 is 2.46 bits per heavy atom. The maximum absolute atomic E-state index is 13.5. The Kier molecular flexibility index (Phi) is 6.42. The van der Waals surface area contributed by atoms with Crippen LogP contribution in [0, 0.1) is 6.92 Å². The molecule has 0 saturated carbocycles. The zero-order valence-electron chi connectivity index (χ0n) is 16.7. The third-order valence-corrected chi connectivity index (χ3v) is 6.04. The van der Waals surface area contributed by atoms with E-state index in [2.05, 4.69) is 0 Å². The molecule has 2 atom stereocenters. The molecule has 0 bridgehead atoms. The predicted molar refractivity (Wildman–Crippen MR) is 113 cm³/mol. The van der Waals surface area contributed by atoms with E-state index in [4.69, 9.17) is 4.74 Å². The van der Waals surface area contributed by atoms with E-state index in [1.807, 2.05) is 74.4 Å². The topological polar surface area (TPSA) is 49.9 Å². The van der Waals surface area contributed by atoms with Crippen LogP contribution in [-0.2, 0) is 14.3 Å². The van der Waals surface area contributed by atoms with Crippen molar-refractivity contribution in [2.45, 2.75) is 30.1 Å². The second-order valence-electron chi connectivity index (χ2n) is 7.24. The normalized spacial score (nSPS) is 19.3. The number of aryl methyl sites for hydroxylation is 1. The maximum Gasteiger partial charge on any atom is 0.303 e. The summed E-state index contributed by atoms with van der Waals surface area (Å²) in [5, 5.41) is -0.303. The molecule has 0 unspecified atom stereocenters. The van der Waals surface area contributed by atoms with Crippen molar-refractivity contribution in [2.24, 2.45) is 0 Å². The number of carbonyl (C=O) groups is 2. The van der Waals surface area contributed by atoms with Crippen molar-refractivity contribution in [1.29, 1.82) is 0 Å². The van der Waals surface area contributed by atoms with Crippen molar-refractivity contribution in [2.75, 3.05) is 32.1 Å². The average Bonchev–Trinajstić information content (AvgIpc) is 2.76. The number of hydrogen-bond acceptors (Lipinski definition) is 5. The summed E-state index contributed by atoms with van der Waals surface area (Å²) in [6.45, 7) is 4.62. The molecular formula is C22H26N2O3S. The number of hydrogen-bond donors (Lipinski definition) is 0. The molecule has 1 aliphatic rings. The molecule has 28 heavy (non-hydrogen) atoms. The number of thioether (sulfide) groups is 1. The highest BCUT2D eigenvalue weighted by molar-refractivity contribution is 7.99. The first-order valence-corrected chi connectivity index (χ1v) is 10.2. The van der Waals surface area contributed by atoms with Gasteiger partial charge < -0.3 is 14.5 Å². The Labute approximate surface area is 170 Å². The van der Waals surface area contributed by atoms with Crippen LogP contribution in [0.1, 0.15) is 23.3 Å². The molecule has 1 heterocycles. The third-order valence-electron chi connectivity index (χ3n) is 4.66. The first kappa shape index (κ1) is 20.4. The summed E-state index contributed by atoms with van der Waals surface area (Å²) in [4.78, 5) is 30.2. The van der Waals surface area contributed by atoms with Crippen LogP contribution in [0.25, 0.3) is 0 Å². The van der Waals surface area contributed by atoms with Crippen LogP contribution in [0.5, 0.6) is 0 Å². The molecule has 2 aromatic rings. The standard InChI is InChI=1S/C22H26N2O3S/c1-15-9-11-17(12-10-15)21-20(27-16(2)25)22(26)24(14-13-23(3)4)18-7-5-6-8-19(18)28-21/h5-12,20-21H,13-14H2,1-4H3/t20-,21+/m1/s1. The number of para-hydroxylation sites is 1. The highest BCUT2D eigenvalue weighted by Crippen LogP contribution is 2.46. The quantitative estimate of drug-likeness (QED) is 0.720. The molecule has 2 aromatic carbocycles. The number of ether oxygens (including phenoxy) is 1. The molecule has 0 spiro atoms. The smallest absolute Gasteiger partial charge is 0.303 e. The van der Waals surface area contributed by atoms with Crippen molar-refractivity contribution in [3.63, 3.8) is 0 Å². The predicted octanol–water partition coefficient (Wildman–Crippen LogP) is 3.67. The molecule has 0 fully saturated rings. The molecular weight excluding hydrogens is 372 g/mol. The van der Waals surface area contributed by atoms with Gasteiger partial charge in [-0.3, -0.25) is 9.59 Å². The Morgan fingerprint density at radius 1 is 1.14 bits per heavy atom. The summed E-state index contributed by atoms with van der Waals surface area (Å²) in [5.74, 6) is -0.630. The number of likely N-dealkylation sites (N-methyl/N-ethyl adjacent to an activating group) is 1. The van der Waals surface area contributed by atoms with Crippen LogP contribution in [0.4, 0.5) is 5.69 Å². The Morgan fingerprint density at radius 2 is 1.82 bits per heavy atom. The number of amides is 1. The first-order chi connectivity index (χ1) is 13.4. The van der Waals surface area contributed by atoms with Gasteiger partial charge in [-0.1, -0.05) is 42.0 Å². The lowest BCUT2D eigenvalue weighted by atomic mass is 10.0. The van der Waals surface area contributed by atoms with Gasteiger partial charge in [-0.15, -0.1) is 11.8 Å². The van der Waals surface area contributed by atoms with Gasteiger partial charge in [0.1, 0.15) is 0 Å². The Bertz CT molecular complexity index is 851. The van der Waals surface area contributed by atoms with Crippen molar-refractivity contribution in [1.82, 2.24) is 4.90 Å². The molecule has 0 saturated heterocycles. The molecule has 3 rings (SSSR count). The fourth-order valence-corrected chi connectivity index (χ4v) is 4.52. The minimum Gasteiger partial charge on any atom is -0.451 e. The van der Waals surface area contributed by atoms with Crippen LogP contribution < -0.4 is 4.90 Å². The van der Waals surface area contributed by atoms with Crippen LogP contribution in [0.3, 0.4) is 0 Å². The van der Waals surface area contributed by atoms with E-state index in [0.29, 0.717) is 13.1 Å². The van der Waals surface area contributed by atoms with Gasteiger partial charge in [0.25, 0.3) is 5.91 Å².